The minimum Gasteiger partial charge on any atom is -0.508 e. The number of rotatable bonds is 6. The molecule has 0 saturated carbocycles. The van der Waals surface area contributed by atoms with Gasteiger partial charge in [-0.3, -0.25) is 4.55 Å². The van der Waals surface area contributed by atoms with Crippen molar-refractivity contribution in [3.63, 3.8) is 0 Å². The number of hydrogen-bond donors (Lipinski definition) is 3. The molecule has 3 rings (SSSR count). The molecule has 0 amide bonds. The van der Waals surface area contributed by atoms with Crippen LogP contribution in [0.1, 0.15) is 35.1 Å². The summed E-state index contributed by atoms with van der Waals surface area (Å²) >= 11 is 0. The number of phenols is 1. The molecule has 0 aliphatic heterocycles. The fourth-order valence-electron chi connectivity index (χ4n) is 4.18. The van der Waals surface area contributed by atoms with Crippen LogP contribution in [0.5, 0.6) is 17.2 Å². The van der Waals surface area contributed by atoms with Gasteiger partial charge in [0, 0.05) is 23.1 Å². The molecule has 1 unspecified atom stereocenters. The second-order valence-corrected chi connectivity index (χ2v) is 8.87. The Morgan fingerprint density at radius 3 is 2.28 bits per heavy atom. The number of methoxy groups -OCH3 is 2. The van der Waals surface area contributed by atoms with Gasteiger partial charge in [0.2, 0.25) is 0 Å². The first kappa shape index (κ1) is 21.4. The molecule has 2 aromatic carbocycles. The van der Waals surface area contributed by atoms with Crippen molar-refractivity contribution in [3.8, 4) is 17.2 Å². The van der Waals surface area contributed by atoms with Crippen molar-refractivity contribution in [2.24, 2.45) is 0 Å². The van der Waals surface area contributed by atoms with Crippen LogP contribution < -0.4 is 9.47 Å². The Balaban J connectivity index is 1.92. The van der Waals surface area contributed by atoms with Gasteiger partial charge in [-0.05, 0) is 56.4 Å². The van der Waals surface area contributed by atoms with Crippen LogP contribution in [-0.4, -0.2) is 43.0 Å². The lowest BCUT2D eigenvalue weighted by Crippen LogP contribution is -2.36. The Hall–Kier alpha value is -2.29. The Kier molecular flexibility index (Phi) is 5.80. The highest BCUT2D eigenvalue weighted by molar-refractivity contribution is 7.86. The summed E-state index contributed by atoms with van der Waals surface area (Å²) in [5.41, 5.74) is 1.20. The van der Waals surface area contributed by atoms with Crippen LogP contribution in [-0.2, 0) is 29.4 Å². The van der Waals surface area contributed by atoms with Crippen molar-refractivity contribution in [1.29, 1.82) is 0 Å². The van der Waals surface area contributed by atoms with E-state index >= 15 is 0 Å². The van der Waals surface area contributed by atoms with Crippen LogP contribution in [0.3, 0.4) is 0 Å². The third-order valence-corrected chi connectivity index (χ3v) is 6.75. The summed E-state index contributed by atoms with van der Waals surface area (Å²) in [5, 5.41) is 21.4. The molecule has 0 spiro atoms. The van der Waals surface area contributed by atoms with Crippen LogP contribution in [0.15, 0.2) is 29.2 Å². The molecule has 158 valence electrons. The fraction of sp³-hybridized carbons (Fsp3) is 0.429. The van der Waals surface area contributed by atoms with Crippen LogP contribution in [0, 0.1) is 6.92 Å². The standard InChI is InChI=1S/C21H26O7S/c1-13-4-5-17(22)15(20(13)29(24,25)26)9-11-21(23)10-8-14-16(12-21)19(28-3)7-6-18(14)27-2/h4-7,22-23H,8-12H2,1-3H3,(H,24,25,26). The lowest BCUT2D eigenvalue weighted by Gasteiger charge is -2.35. The number of ether oxygens (including phenoxy) is 2. The normalized spacial score (nSPS) is 18.9. The Bertz CT molecular complexity index is 1030. The maximum atomic E-state index is 11.8. The number of aromatic hydroxyl groups is 1. The SMILES string of the molecule is COc1ccc(OC)c2c1CCC(O)(CCc1c(O)ccc(C)c1S(=O)(=O)O)C2. The first-order valence-corrected chi connectivity index (χ1v) is 10.8. The lowest BCUT2D eigenvalue weighted by molar-refractivity contribution is 0.0170. The molecule has 0 bridgehead atoms. The number of aliphatic hydroxyl groups is 1. The number of fused-ring (bicyclic) bond motifs is 1. The minimum atomic E-state index is -4.51. The average Bonchev–Trinajstić information content (AvgIpc) is 2.66. The summed E-state index contributed by atoms with van der Waals surface area (Å²) in [7, 11) is -1.34. The largest absolute Gasteiger partial charge is 0.508 e. The highest BCUT2D eigenvalue weighted by atomic mass is 32.2. The van der Waals surface area contributed by atoms with E-state index in [1.807, 2.05) is 6.07 Å². The third kappa shape index (κ3) is 4.19. The van der Waals surface area contributed by atoms with Gasteiger partial charge in [0.1, 0.15) is 22.1 Å². The molecule has 0 fully saturated rings. The fourth-order valence-corrected chi connectivity index (χ4v) is 5.17. The molecule has 1 aliphatic carbocycles. The molecule has 0 saturated heterocycles. The van der Waals surface area contributed by atoms with Gasteiger partial charge >= 0.3 is 0 Å². The van der Waals surface area contributed by atoms with Crippen LogP contribution in [0.4, 0.5) is 0 Å². The van der Waals surface area contributed by atoms with E-state index in [1.165, 1.54) is 12.1 Å². The molecular weight excluding hydrogens is 396 g/mol. The zero-order valence-corrected chi connectivity index (χ0v) is 17.5. The smallest absolute Gasteiger partial charge is 0.295 e. The maximum Gasteiger partial charge on any atom is 0.295 e. The number of hydrogen-bond acceptors (Lipinski definition) is 6. The number of benzene rings is 2. The van der Waals surface area contributed by atoms with E-state index in [0.717, 1.165) is 16.9 Å². The monoisotopic (exact) mass is 422 g/mol. The average molecular weight is 422 g/mol. The molecule has 1 atom stereocenters. The molecule has 7 nitrogen and oxygen atoms in total. The molecule has 8 heteroatoms. The third-order valence-electron chi connectivity index (χ3n) is 5.66. The summed E-state index contributed by atoms with van der Waals surface area (Å²) in [6.07, 6.45) is 1.66. The van der Waals surface area contributed by atoms with Crippen LogP contribution in [0.25, 0.3) is 0 Å². The van der Waals surface area contributed by atoms with Crippen LogP contribution >= 0.6 is 0 Å². The molecule has 0 aromatic heterocycles. The lowest BCUT2D eigenvalue weighted by atomic mass is 9.76. The van der Waals surface area contributed by atoms with E-state index in [1.54, 1.807) is 27.2 Å². The van der Waals surface area contributed by atoms with Gasteiger partial charge in [0.25, 0.3) is 10.1 Å². The summed E-state index contributed by atoms with van der Waals surface area (Å²) in [6.45, 7) is 1.55. The summed E-state index contributed by atoms with van der Waals surface area (Å²) < 4.78 is 44.1. The van der Waals surface area contributed by atoms with E-state index < -0.39 is 15.7 Å². The first-order chi connectivity index (χ1) is 13.6. The van der Waals surface area contributed by atoms with Crippen molar-refractivity contribution in [2.45, 2.75) is 49.5 Å². The first-order valence-electron chi connectivity index (χ1n) is 9.33. The molecule has 0 heterocycles. The predicted molar refractivity (Wildman–Crippen MR) is 108 cm³/mol. The predicted octanol–water partition coefficient (Wildman–Crippen LogP) is 2.82. The van der Waals surface area contributed by atoms with Gasteiger partial charge in [-0.15, -0.1) is 0 Å². The Morgan fingerprint density at radius 2 is 1.69 bits per heavy atom. The molecule has 3 N–H and O–H groups in total. The topological polar surface area (TPSA) is 113 Å². The van der Waals surface area contributed by atoms with Crippen LogP contribution in [0.2, 0.25) is 0 Å². The second kappa shape index (κ2) is 7.85. The van der Waals surface area contributed by atoms with Crippen molar-refractivity contribution >= 4 is 10.1 Å². The van der Waals surface area contributed by atoms with Crippen molar-refractivity contribution < 1.29 is 32.7 Å². The number of aryl methyl sites for hydroxylation is 1. The Labute approximate surface area is 170 Å². The van der Waals surface area contributed by atoms with Gasteiger partial charge in [0.05, 0.1) is 19.8 Å². The Morgan fingerprint density at radius 1 is 1.07 bits per heavy atom. The molecular formula is C21H26O7S. The zero-order valence-electron chi connectivity index (χ0n) is 16.7. The minimum absolute atomic E-state index is 0.0980. The zero-order chi connectivity index (χ0) is 21.4. The van der Waals surface area contributed by atoms with Crippen molar-refractivity contribution in [2.75, 3.05) is 14.2 Å². The van der Waals surface area contributed by atoms with E-state index in [0.29, 0.717) is 30.6 Å². The summed E-state index contributed by atoms with van der Waals surface area (Å²) in [6, 6.07) is 6.47. The molecule has 0 radical (unpaired) electrons. The highest BCUT2D eigenvalue weighted by Crippen LogP contribution is 2.41. The van der Waals surface area contributed by atoms with Gasteiger partial charge < -0.3 is 19.7 Å². The highest BCUT2D eigenvalue weighted by Gasteiger charge is 2.36. The molecule has 1 aliphatic rings. The van der Waals surface area contributed by atoms with E-state index in [2.05, 4.69) is 0 Å². The maximum absolute atomic E-state index is 11.8. The quantitative estimate of drug-likeness (QED) is 0.614. The van der Waals surface area contributed by atoms with E-state index in [4.69, 9.17) is 9.47 Å². The second-order valence-electron chi connectivity index (χ2n) is 7.51. The van der Waals surface area contributed by atoms with Gasteiger partial charge in [0.15, 0.2) is 0 Å². The van der Waals surface area contributed by atoms with E-state index in [-0.39, 0.29) is 29.1 Å². The van der Waals surface area contributed by atoms with Gasteiger partial charge in [-0.1, -0.05) is 6.07 Å². The number of phenolic OH excluding ortho intramolecular Hbond substituents is 1. The van der Waals surface area contributed by atoms with Gasteiger partial charge in [-0.2, -0.15) is 8.42 Å². The molecule has 29 heavy (non-hydrogen) atoms. The summed E-state index contributed by atoms with van der Waals surface area (Å²) in [5.74, 6) is 1.19. The van der Waals surface area contributed by atoms with Crippen molar-refractivity contribution in [3.05, 3.63) is 46.5 Å². The summed E-state index contributed by atoms with van der Waals surface area (Å²) in [4.78, 5) is -0.295. The molecule has 2 aromatic rings. The van der Waals surface area contributed by atoms with Crippen molar-refractivity contribution in [1.82, 2.24) is 0 Å². The van der Waals surface area contributed by atoms with E-state index in [9.17, 15) is 23.2 Å². The van der Waals surface area contributed by atoms with Gasteiger partial charge in [-0.25, -0.2) is 0 Å².